The van der Waals surface area contributed by atoms with E-state index in [-0.39, 0.29) is 6.10 Å². The van der Waals surface area contributed by atoms with E-state index in [9.17, 15) is 0 Å². The molecule has 3 heteroatoms. The maximum atomic E-state index is 5.30. The third-order valence-corrected chi connectivity index (χ3v) is 2.62. The van der Waals surface area contributed by atoms with Crippen LogP contribution in [0.25, 0.3) is 10.9 Å². The van der Waals surface area contributed by atoms with Crippen molar-refractivity contribution in [2.45, 2.75) is 6.10 Å². The molecule has 1 aliphatic heterocycles. The second-order valence-corrected chi connectivity index (χ2v) is 3.59. The van der Waals surface area contributed by atoms with Gasteiger partial charge in [0.25, 0.3) is 0 Å². The molecule has 0 N–H and O–H groups in total. The molecule has 0 bridgehead atoms. The van der Waals surface area contributed by atoms with E-state index in [1.54, 1.807) is 7.11 Å². The largest absolute Gasteiger partial charge is 0.481 e. The zero-order valence-electron chi connectivity index (χ0n) is 8.43. The van der Waals surface area contributed by atoms with Crippen LogP contribution in [0.15, 0.2) is 30.3 Å². The normalized spacial score (nSPS) is 19.1. The molecule has 15 heavy (non-hydrogen) atoms. The van der Waals surface area contributed by atoms with E-state index in [1.807, 2.05) is 24.3 Å². The fourth-order valence-corrected chi connectivity index (χ4v) is 1.75. The second kappa shape index (κ2) is 3.21. The van der Waals surface area contributed by atoms with Crippen molar-refractivity contribution in [3.05, 3.63) is 35.9 Å². The zero-order valence-corrected chi connectivity index (χ0v) is 8.43. The summed E-state index contributed by atoms with van der Waals surface area (Å²) >= 11 is 0. The van der Waals surface area contributed by atoms with Crippen molar-refractivity contribution >= 4 is 10.9 Å². The number of para-hydroxylation sites is 1. The van der Waals surface area contributed by atoms with E-state index in [0.29, 0.717) is 5.88 Å². The smallest absolute Gasteiger partial charge is 0.213 e. The van der Waals surface area contributed by atoms with Crippen LogP contribution < -0.4 is 4.74 Å². The number of nitrogens with zero attached hydrogens (tertiary/aromatic N) is 1. The number of benzene rings is 1. The van der Waals surface area contributed by atoms with E-state index in [1.165, 1.54) is 0 Å². The van der Waals surface area contributed by atoms with Gasteiger partial charge in [-0.05, 0) is 6.07 Å². The Balaban J connectivity index is 2.25. The summed E-state index contributed by atoms with van der Waals surface area (Å²) in [5, 5.41) is 1.13. The summed E-state index contributed by atoms with van der Waals surface area (Å²) in [7, 11) is 1.63. The maximum Gasteiger partial charge on any atom is 0.213 e. The molecule has 3 nitrogen and oxygen atoms in total. The van der Waals surface area contributed by atoms with Crippen molar-refractivity contribution in [1.29, 1.82) is 0 Å². The molecule has 1 aliphatic rings. The monoisotopic (exact) mass is 201 g/mol. The quantitative estimate of drug-likeness (QED) is 0.699. The third-order valence-electron chi connectivity index (χ3n) is 2.62. The number of epoxide rings is 1. The second-order valence-electron chi connectivity index (χ2n) is 3.59. The molecule has 0 spiro atoms. The summed E-state index contributed by atoms with van der Waals surface area (Å²) < 4.78 is 10.4. The number of rotatable bonds is 2. The fraction of sp³-hybridized carbons (Fsp3) is 0.250. The van der Waals surface area contributed by atoms with Crippen molar-refractivity contribution in [3.8, 4) is 5.88 Å². The van der Waals surface area contributed by atoms with Crippen LogP contribution in [0.3, 0.4) is 0 Å². The molecular weight excluding hydrogens is 190 g/mol. The molecule has 0 radical (unpaired) electrons. The topological polar surface area (TPSA) is 34.6 Å². The lowest BCUT2D eigenvalue weighted by Gasteiger charge is -2.04. The SMILES string of the molecule is COc1ccc2cccc(C3CO3)c2n1. The first kappa shape index (κ1) is 8.68. The predicted octanol–water partition coefficient (Wildman–Crippen LogP) is 2.31. The van der Waals surface area contributed by atoms with Gasteiger partial charge in [0.1, 0.15) is 6.10 Å². The molecule has 3 rings (SSSR count). The van der Waals surface area contributed by atoms with Gasteiger partial charge >= 0.3 is 0 Å². The van der Waals surface area contributed by atoms with Crippen LogP contribution in [0.1, 0.15) is 11.7 Å². The van der Waals surface area contributed by atoms with Crippen LogP contribution >= 0.6 is 0 Å². The van der Waals surface area contributed by atoms with Crippen molar-refractivity contribution in [2.24, 2.45) is 0 Å². The molecule has 1 fully saturated rings. The Morgan fingerprint density at radius 3 is 2.93 bits per heavy atom. The molecule has 1 aromatic heterocycles. The van der Waals surface area contributed by atoms with E-state index >= 15 is 0 Å². The number of hydrogen-bond donors (Lipinski definition) is 0. The van der Waals surface area contributed by atoms with Gasteiger partial charge in [0.2, 0.25) is 5.88 Å². The van der Waals surface area contributed by atoms with Crippen LogP contribution in [0.5, 0.6) is 5.88 Å². The zero-order chi connectivity index (χ0) is 10.3. The first-order chi connectivity index (χ1) is 7.38. The Morgan fingerprint density at radius 2 is 2.20 bits per heavy atom. The summed E-state index contributed by atoms with van der Waals surface area (Å²) in [4.78, 5) is 4.45. The summed E-state index contributed by atoms with van der Waals surface area (Å²) in [6, 6.07) is 10.0. The Hall–Kier alpha value is -1.61. The molecule has 1 atom stereocenters. The lowest BCUT2D eigenvalue weighted by molar-refractivity contribution is 0.398. The summed E-state index contributed by atoms with van der Waals surface area (Å²) in [5.74, 6) is 0.649. The van der Waals surface area contributed by atoms with Crippen molar-refractivity contribution in [3.63, 3.8) is 0 Å². The molecule has 0 saturated carbocycles. The lowest BCUT2D eigenvalue weighted by atomic mass is 10.1. The Bertz CT molecular complexity index is 506. The summed E-state index contributed by atoms with van der Waals surface area (Å²) in [6.45, 7) is 0.804. The highest BCUT2D eigenvalue weighted by atomic mass is 16.6. The molecule has 0 amide bonds. The first-order valence-electron chi connectivity index (χ1n) is 4.94. The number of aromatic nitrogens is 1. The number of methoxy groups -OCH3 is 1. The molecule has 0 aliphatic carbocycles. The van der Waals surface area contributed by atoms with Gasteiger partial charge in [0.05, 0.1) is 19.2 Å². The molecule has 76 valence electrons. The van der Waals surface area contributed by atoms with Gasteiger partial charge in [-0.15, -0.1) is 0 Å². The number of ether oxygens (including phenoxy) is 2. The lowest BCUT2D eigenvalue weighted by Crippen LogP contribution is -1.91. The number of pyridine rings is 1. The average Bonchev–Trinajstić information content (AvgIpc) is 3.11. The van der Waals surface area contributed by atoms with Crippen LogP contribution in [0.2, 0.25) is 0 Å². The number of fused-ring (bicyclic) bond motifs is 1. The first-order valence-corrected chi connectivity index (χ1v) is 4.94. The highest BCUT2D eigenvalue weighted by Gasteiger charge is 2.27. The molecule has 1 unspecified atom stereocenters. The Labute approximate surface area is 87.6 Å². The van der Waals surface area contributed by atoms with Crippen molar-refractivity contribution in [1.82, 2.24) is 4.98 Å². The molecular formula is C12H11NO2. The van der Waals surface area contributed by atoms with Crippen molar-refractivity contribution in [2.75, 3.05) is 13.7 Å². The van der Waals surface area contributed by atoms with Gasteiger partial charge in [-0.2, -0.15) is 0 Å². The van der Waals surface area contributed by atoms with Crippen molar-refractivity contribution < 1.29 is 9.47 Å². The van der Waals surface area contributed by atoms with Crippen LogP contribution in [-0.4, -0.2) is 18.7 Å². The van der Waals surface area contributed by atoms with Gasteiger partial charge in [-0.3, -0.25) is 0 Å². The molecule has 1 aromatic carbocycles. The molecule has 1 saturated heterocycles. The summed E-state index contributed by atoms with van der Waals surface area (Å²) in [5.41, 5.74) is 2.14. The van der Waals surface area contributed by atoms with E-state index in [0.717, 1.165) is 23.1 Å². The number of hydrogen-bond acceptors (Lipinski definition) is 3. The van der Waals surface area contributed by atoms with E-state index < -0.39 is 0 Å². The van der Waals surface area contributed by atoms with Gasteiger partial charge in [0.15, 0.2) is 0 Å². The van der Waals surface area contributed by atoms with E-state index in [2.05, 4.69) is 11.1 Å². The Kier molecular flexibility index (Phi) is 1.86. The van der Waals surface area contributed by atoms with Crippen LogP contribution in [-0.2, 0) is 4.74 Å². The molecule has 2 aromatic rings. The van der Waals surface area contributed by atoms with Crippen LogP contribution in [0, 0.1) is 0 Å². The van der Waals surface area contributed by atoms with E-state index in [4.69, 9.17) is 9.47 Å². The molecule has 2 heterocycles. The highest BCUT2D eigenvalue weighted by molar-refractivity contribution is 5.82. The minimum absolute atomic E-state index is 0.230. The van der Waals surface area contributed by atoms with Crippen LogP contribution in [0.4, 0.5) is 0 Å². The maximum absolute atomic E-state index is 5.30. The standard InChI is InChI=1S/C12H11NO2/c1-14-11-6-5-8-3-2-4-9(10-7-15-10)12(8)13-11/h2-6,10H,7H2,1H3. The van der Waals surface area contributed by atoms with Gasteiger partial charge < -0.3 is 9.47 Å². The minimum Gasteiger partial charge on any atom is -0.481 e. The fourth-order valence-electron chi connectivity index (χ4n) is 1.75. The summed E-state index contributed by atoms with van der Waals surface area (Å²) in [6.07, 6.45) is 0.230. The highest BCUT2D eigenvalue weighted by Crippen LogP contribution is 2.34. The predicted molar refractivity (Wildman–Crippen MR) is 57.0 cm³/mol. The Morgan fingerprint density at radius 1 is 1.33 bits per heavy atom. The van der Waals surface area contributed by atoms with Gasteiger partial charge in [-0.1, -0.05) is 18.2 Å². The van der Waals surface area contributed by atoms with Gasteiger partial charge in [0, 0.05) is 17.0 Å². The third kappa shape index (κ3) is 1.45. The van der Waals surface area contributed by atoms with Gasteiger partial charge in [-0.25, -0.2) is 4.98 Å². The average molecular weight is 201 g/mol. The minimum atomic E-state index is 0.230.